The molecule has 0 saturated carbocycles. The maximum atomic E-state index is 5.20. The third-order valence-corrected chi connectivity index (χ3v) is 4.39. The van der Waals surface area contributed by atoms with Crippen LogP contribution in [-0.2, 0) is 6.54 Å². The molecule has 1 fully saturated rings. The van der Waals surface area contributed by atoms with Gasteiger partial charge in [-0.05, 0) is 32.0 Å². The van der Waals surface area contributed by atoms with Gasteiger partial charge in [0.05, 0.1) is 0 Å². The number of hydrogen-bond acceptors (Lipinski definition) is 5. The Bertz CT molecular complexity index is 591. The van der Waals surface area contributed by atoms with E-state index in [1.54, 1.807) is 11.3 Å². The summed E-state index contributed by atoms with van der Waals surface area (Å²) in [5.74, 6) is 0.837. The Kier molecular flexibility index (Phi) is 3.17. The predicted molar refractivity (Wildman–Crippen MR) is 75.6 cm³/mol. The van der Waals surface area contributed by atoms with Gasteiger partial charge in [0, 0.05) is 25.0 Å². The van der Waals surface area contributed by atoms with Gasteiger partial charge in [0.1, 0.15) is 5.69 Å². The highest BCUT2D eigenvalue weighted by atomic mass is 32.1. The predicted octanol–water partition coefficient (Wildman–Crippen LogP) is 2.68. The molecule has 1 N–H and O–H groups in total. The average molecular weight is 281 g/mol. The van der Waals surface area contributed by atoms with Crippen LogP contribution in [0, 0.1) is 4.77 Å². The summed E-state index contributed by atoms with van der Waals surface area (Å²) in [6, 6.07) is 0. The van der Waals surface area contributed by atoms with Crippen LogP contribution < -0.4 is 4.90 Å². The van der Waals surface area contributed by atoms with Crippen LogP contribution in [0.25, 0.3) is 11.5 Å². The number of rotatable bonds is 3. The minimum atomic E-state index is 0.656. The highest BCUT2D eigenvalue weighted by Crippen LogP contribution is 2.28. The molecule has 0 unspecified atom stereocenters. The van der Waals surface area contributed by atoms with Gasteiger partial charge in [-0.2, -0.15) is 5.10 Å². The fourth-order valence-corrected chi connectivity index (χ4v) is 3.35. The Labute approximate surface area is 114 Å². The van der Waals surface area contributed by atoms with Gasteiger partial charge >= 0.3 is 0 Å². The Morgan fingerprint density at radius 3 is 2.94 bits per heavy atom. The Hall–Kier alpha value is -1.21. The molecule has 1 aliphatic rings. The zero-order chi connectivity index (χ0) is 12.5. The first-order chi connectivity index (χ1) is 8.79. The van der Waals surface area contributed by atoms with Gasteiger partial charge in [0.2, 0.25) is 0 Å². The first-order valence-corrected chi connectivity index (χ1v) is 7.44. The summed E-state index contributed by atoms with van der Waals surface area (Å²) < 4.78 is 2.63. The highest BCUT2D eigenvalue weighted by Gasteiger charge is 2.18. The van der Waals surface area contributed by atoms with Crippen molar-refractivity contribution in [2.75, 3.05) is 18.0 Å². The molecule has 0 radical (unpaired) electrons. The third kappa shape index (κ3) is 1.97. The summed E-state index contributed by atoms with van der Waals surface area (Å²) in [7, 11) is 0. The van der Waals surface area contributed by atoms with Crippen LogP contribution in [0.1, 0.15) is 19.8 Å². The summed E-state index contributed by atoms with van der Waals surface area (Å²) in [6.45, 7) is 5.10. The number of nitrogens with zero attached hydrogens (tertiary/aromatic N) is 4. The van der Waals surface area contributed by atoms with Crippen LogP contribution in [-0.4, -0.2) is 32.8 Å². The number of nitrogens with one attached hydrogen (secondary N) is 1. The summed E-state index contributed by atoms with van der Waals surface area (Å²) in [5.41, 5.74) is 0.913. The first-order valence-electron chi connectivity index (χ1n) is 6.15. The molecule has 0 amide bonds. The zero-order valence-electron chi connectivity index (χ0n) is 10.2. The quantitative estimate of drug-likeness (QED) is 0.879. The van der Waals surface area contributed by atoms with Crippen molar-refractivity contribution < 1.29 is 0 Å². The summed E-state index contributed by atoms with van der Waals surface area (Å²) in [4.78, 5) is 7.02. The van der Waals surface area contributed by atoms with Crippen molar-refractivity contribution in [2.45, 2.75) is 26.3 Å². The van der Waals surface area contributed by atoms with E-state index in [1.165, 1.54) is 12.8 Å². The molecule has 0 atom stereocenters. The smallest absolute Gasteiger partial charge is 0.195 e. The topological polar surface area (TPSA) is 49.7 Å². The number of aromatic nitrogens is 4. The third-order valence-electron chi connectivity index (χ3n) is 3.17. The summed E-state index contributed by atoms with van der Waals surface area (Å²) in [5, 5.41) is 10.3. The lowest BCUT2D eigenvalue weighted by molar-refractivity contribution is 0.754. The van der Waals surface area contributed by atoms with Crippen LogP contribution in [0.2, 0.25) is 0 Å². The van der Waals surface area contributed by atoms with E-state index >= 15 is 0 Å². The second-order valence-electron chi connectivity index (χ2n) is 4.31. The van der Waals surface area contributed by atoms with Gasteiger partial charge in [0.15, 0.2) is 15.7 Å². The zero-order valence-corrected chi connectivity index (χ0v) is 11.9. The van der Waals surface area contributed by atoms with Crippen molar-refractivity contribution >= 4 is 28.7 Å². The molecular formula is C11H15N5S2. The Morgan fingerprint density at radius 1 is 1.44 bits per heavy atom. The molecule has 7 heteroatoms. The van der Waals surface area contributed by atoms with E-state index in [0.29, 0.717) is 4.77 Å². The normalized spacial score (nSPS) is 15.5. The Balaban J connectivity index is 1.94. The Morgan fingerprint density at radius 2 is 2.22 bits per heavy atom. The van der Waals surface area contributed by atoms with Crippen molar-refractivity contribution in [3.8, 4) is 11.5 Å². The molecule has 1 aliphatic heterocycles. The van der Waals surface area contributed by atoms with Gasteiger partial charge in [0.25, 0.3) is 0 Å². The van der Waals surface area contributed by atoms with E-state index in [0.717, 1.165) is 36.3 Å². The summed E-state index contributed by atoms with van der Waals surface area (Å²) >= 11 is 6.88. The number of anilines is 1. The maximum absolute atomic E-state index is 5.20. The van der Waals surface area contributed by atoms with E-state index in [9.17, 15) is 0 Å². The molecule has 1 saturated heterocycles. The molecule has 2 aromatic rings. The minimum Gasteiger partial charge on any atom is -0.348 e. The molecule has 3 rings (SSSR count). The minimum absolute atomic E-state index is 0.656. The fraction of sp³-hybridized carbons (Fsp3) is 0.545. The molecule has 96 valence electrons. The number of thiazole rings is 1. The number of aromatic amines is 1. The van der Waals surface area contributed by atoms with Gasteiger partial charge in [-0.25, -0.2) is 4.98 Å². The molecule has 0 spiro atoms. The van der Waals surface area contributed by atoms with Gasteiger partial charge in [-0.3, -0.25) is 9.67 Å². The van der Waals surface area contributed by atoms with E-state index in [1.807, 2.05) is 4.57 Å². The van der Waals surface area contributed by atoms with E-state index in [4.69, 9.17) is 12.2 Å². The second kappa shape index (κ2) is 4.81. The molecule has 18 heavy (non-hydrogen) atoms. The van der Waals surface area contributed by atoms with E-state index in [-0.39, 0.29) is 0 Å². The first kappa shape index (κ1) is 11.9. The molecule has 0 bridgehead atoms. The molecule has 5 nitrogen and oxygen atoms in total. The second-order valence-corrected chi connectivity index (χ2v) is 5.53. The van der Waals surface area contributed by atoms with Crippen LogP contribution in [0.3, 0.4) is 0 Å². The van der Waals surface area contributed by atoms with Gasteiger partial charge in [-0.1, -0.05) is 0 Å². The fourth-order valence-electron chi connectivity index (χ4n) is 2.23. The maximum Gasteiger partial charge on any atom is 0.195 e. The SMILES string of the molecule is CCn1c(-c2csc(N3CCCC3)n2)n[nH]c1=S. The summed E-state index contributed by atoms with van der Waals surface area (Å²) in [6.07, 6.45) is 2.53. The molecule has 2 aromatic heterocycles. The average Bonchev–Trinajstić information content (AvgIpc) is 3.08. The molecule has 3 heterocycles. The van der Waals surface area contributed by atoms with Crippen molar-refractivity contribution in [1.82, 2.24) is 19.7 Å². The lowest BCUT2D eigenvalue weighted by Gasteiger charge is -2.12. The van der Waals surface area contributed by atoms with Crippen LogP contribution in [0.5, 0.6) is 0 Å². The van der Waals surface area contributed by atoms with E-state index < -0.39 is 0 Å². The molecule has 0 aromatic carbocycles. The van der Waals surface area contributed by atoms with Crippen molar-refractivity contribution in [3.63, 3.8) is 0 Å². The number of H-pyrrole nitrogens is 1. The van der Waals surface area contributed by atoms with E-state index in [2.05, 4.69) is 32.4 Å². The lowest BCUT2D eigenvalue weighted by atomic mass is 10.4. The highest BCUT2D eigenvalue weighted by molar-refractivity contribution is 7.71. The molecular weight excluding hydrogens is 266 g/mol. The monoisotopic (exact) mass is 281 g/mol. The van der Waals surface area contributed by atoms with Crippen molar-refractivity contribution in [1.29, 1.82) is 0 Å². The molecule has 0 aliphatic carbocycles. The van der Waals surface area contributed by atoms with Crippen molar-refractivity contribution in [3.05, 3.63) is 10.2 Å². The van der Waals surface area contributed by atoms with Crippen LogP contribution in [0.15, 0.2) is 5.38 Å². The van der Waals surface area contributed by atoms with Gasteiger partial charge < -0.3 is 4.90 Å². The van der Waals surface area contributed by atoms with Gasteiger partial charge in [-0.15, -0.1) is 11.3 Å². The standard InChI is InChI=1S/C11H15N5S2/c1-2-16-9(13-14-10(16)17)8-7-18-11(12-8)15-5-3-4-6-15/h7H,2-6H2,1H3,(H,14,17). The van der Waals surface area contributed by atoms with Crippen LogP contribution >= 0.6 is 23.6 Å². The largest absolute Gasteiger partial charge is 0.348 e. The lowest BCUT2D eigenvalue weighted by Crippen LogP contribution is -2.17. The number of hydrogen-bond donors (Lipinski definition) is 1. The van der Waals surface area contributed by atoms with Crippen LogP contribution in [0.4, 0.5) is 5.13 Å². The van der Waals surface area contributed by atoms with Crippen molar-refractivity contribution in [2.24, 2.45) is 0 Å².